The molecule has 0 radical (unpaired) electrons. The number of amidine groups is 1. The molecule has 28 heavy (non-hydrogen) atoms. The van der Waals surface area contributed by atoms with E-state index >= 15 is 0 Å². The number of para-hydroxylation sites is 1. The van der Waals surface area contributed by atoms with E-state index in [2.05, 4.69) is 15.6 Å². The second-order valence-corrected chi connectivity index (χ2v) is 8.06. The number of aliphatic hydroxyl groups excluding tert-OH is 2. The molecule has 1 saturated carbocycles. The molecule has 2 aliphatic rings. The zero-order chi connectivity index (χ0) is 19.7. The number of carbonyl (C=O) groups is 1. The summed E-state index contributed by atoms with van der Waals surface area (Å²) in [4.78, 5) is 17.3. The summed E-state index contributed by atoms with van der Waals surface area (Å²) in [6.45, 7) is 0. The average Bonchev–Trinajstić information content (AvgIpc) is 3.11. The Labute approximate surface area is 165 Å². The van der Waals surface area contributed by atoms with E-state index in [0.29, 0.717) is 16.5 Å². The van der Waals surface area contributed by atoms with Crippen LogP contribution in [0.2, 0.25) is 0 Å². The van der Waals surface area contributed by atoms with E-state index in [0.717, 1.165) is 0 Å². The van der Waals surface area contributed by atoms with Crippen LogP contribution in [-0.2, 0) is 4.79 Å². The molecular weight excluding hydrogens is 381 g/mol. The number of carbonyl (C=O) groups excluding carboxylic acids is 1. The normalized spacial score (nSPS) is 29.0. The van der Waals surface area contributed by atoms with Crippen molar-refractivity contribution in [3.05, 3.63) is 60.4 Å². The van der Waals surface area contributed by atoms with E-state index in [-0.39, 0.29) is 23.4 Å². The molecule has 0 aromatic heterocycles. The Bertz CT molecular complexity index is 878. The van der Waals surface area contributed by atoms with Gasteiger partial charge in [-0.1, -0.05) is 30.0 Å². The Hall–Kier alpha value is -2.42. The summed E-state index contributed by atoms with van der Waals surface area (Å²) in [5.74, 6) is -1.06. The molecule has 2 aromatic rings. The van der Waals surface area contributed by atoms with Gasteiger partial charge in [0, 0.05) is 16.6 Å². The molecule has 146 valence electrons. The number of thioether (sulfide) groups is 1. The van der Waals surface area contributed by atoms with Crippen molar-refractivity contribution in [2.45, 2.75) is 29.9 Å². The first-order chi connectivity index (χ1) is 13.5. The molecule has 0 unspecified atom stereocenters. The summed E-state index contributed by atoms with van der Waals surface area (Å²) in [6, 6.07) is 14.4. The van der Waals surface area contributed by atoms with Gasteiger partial charge in [0.15, 0.2) is 5.17 Å². The minimum absolute atomic E-state index is 0.160. The van der Waals surface area contributed by atoms with Crippen LogP contribution in [0, 0.1) is 11.7 Å². The van der Waals surface area contributed by atoms with Crippen LogP contribution < -0.4 is 10.6 Å². The number of hydrogen-bond acceptors (Lipinski definition) is 6. The van der Waals surface area contributed by atoms with Gasteiger partial charge in [-0.3, -0.25) is 9.79 Å². The number of aliphatic hydroxyl groups is 2. The van der Waals surface area contributed by atoms with Crippen LogP contribution in [0.25, 0.3) is 0 Å². The van der Waals surface area contributed by atoms with Gasteiger partial charge in [0.25, 0.3) is 0 Å². The van der Waals surface area contributed by atoms with Crippen molar-refractivity contribution in [3.8, 4) is 0 Å². The average molecular weight is 401 g/mol. The fraction of sp³-hybridized carbons (Fsp3) is 0.300. The largest absolute Gasteiger partial charge is 0.390 e. The second-order valence-electron chi connectivity index (χ2n) is 6.89. The Morgan fingerprint density at radius 2 is 1.79 bits per heavy atom. The first kappa shape index (κ1) is 18.9. The zero-order valence-corrected chi connectivity index (χ0v) is 15.6. The van der Waals surface area contributed by atoms with Crippen LogP contribution in [0.15, 0.2) is 59.6 Å². The highest BCUT2D eigenvalue weighted by Gasteiger charge is 2.50. The van der Waals surface area contributed by atoms with E-state index in [1.807, 2.05) is 18.2 Å². The highest BCUT2D eigenvalue weighted by atomic mass is 32.2. The molecule has 4 N–H and O–H groups in total. The quantitative estimate of drug-likeness (QED) is 0.634. The molecule has 6 nitrogen and oxygen atoms in total. The fourth-order valence-electron chi connectivity index (χ4n) is 3.52. The molecule has 1 fully saturated rings. The molecule has 5 atom stereocenters. The van der Waals surface area contributed by atoms with Gasteiger partial charge in [-0.15, -0.1) is 0 Å². The molecule has 8 heteroatoms. The molecule has 1 aliphatic heterocycles. The highest BCUT2D eigenvalue weighted by molar-refractivity contribution is 8.15. The van der Waals surface area contributed by atoms with Gasteiger partial charge in [-0.2, -0.15) is 0 Å². The summed E-state index contributed by atoms with van der Waals surface area (Å²) >= 11 is 1.36. The molecule has 0 saturated heterocycles. The van der Waals surface area contributed by atoms with Gasteiger partial charge >= 0.3 is 0 Å². The number of aliphatic imine (C=N–C) groups is 1. The van der Waals surface area contributed by atoms with E-state index in [9.17, 15) is 19.4 Å². The summed E-state index contributed by atoms with van der Waals surface area (Å²) in [7, 11) is 0. The Morgan fingerprint density at radius 1 is 1.07 bits per heavy atom. The van der Waals surface area contributed by atoms with Gasteiger partial charge in [0.05, 0.1) is 18.1 Å². The standard InChI is InChI=1S/C20H20FN3O3S/c21-11-6-8-13(9-7-11)23-20-24-16-17(26)15(25)10-14(18(16)28-20)19(27)22-12-4-2-1-3-5-12/h1-9,14-18,25-26H,10H2,(H,22,27)(H,23,24)/t14-,15+,16-,17-,18+/m0/s1. The topological polar surface area (TPSA) is 94.0 Å². The van der Waals surface area contributed by atoms with Crippen LogP contribution in [0.4, 0.5) is 15.8 Å². The summed E-state index contributed by atoms with van der Waals surface area (Å²) < 4.78 is 13.1. The lowest BCUT2D eigenvalue weighted by molar-refractivity contribution is -0.124. The third kappa shape index (κ3) is 3.89. The summed E-state index contributed by atoms with van der Waals surface area (Å²) in [5.41, 5.74) is 1.34. The van der Waals surface area contributed by atoms with Crippen molar-refractivity contribution in [1.82, 2.24) is 0 Å². The van der Waals surface area contributed by atoms with E-state index in [4.69, 9.17) is 0 Å². The second kappa shape index (κ2) is 7.90. The lowest BCUT2D eigenvalue weighted by atomic mass is 9.81. The van der Waals surface area contributed by atoms with Gasteiger partial charge in [0.1, 0.15) is 11.9 Å². The van der Waals surface area contributed by atoms with Crippen LogP contribution in [0.3, 0.4) is 0 Å². The fourth-order valence-corrected chi connectivity index (χ4v) is 4.90. The van der Waals surface area contributed by atoms with Crippen LogP contribution in [-0.4, -0.2) is 44.8 Å². The number of rotatable bonds is 3. The van der Waals surface area contributed by atoms with Crippen molar-refractivity contribution in [3.63, 3.8) is 0 Å². The number of halogens is 1. The number of nitrogens with one attached hydrogen (secondary N) is 2. The molecule has 0 spiro atoms. The maximum absolute atomic E-state index is 13.1. The number of nitrogens with zero attached hydrogens (tertiary/aromatic N) is 1. The third-order valence-electron chi connectivity index (χ3n) is 4.96. The van der Waals surface area contributed by atoms with Crippen LogP contribution in [0.5, 0.6) is 0 Å². The van der Waals surface area contributed by atoms with Crippen molar-refractivity contribution < 1.29 is 19.4 Å². The molecule has 1 heterocycles. The summed E-state index contributed by atoms with van der Waals surface area (Å²) in [6.07, 6.45) is -1.90. The minimum atomic E-state index is -1.04. The van der Waals surface area contributed by atoms with Gasteiger partial charge in [0.2, 0.25) is 5.91 Å². The van der Waals surface area contributed by atoms with Gasteiger partial charge in [-0.05, 0) is 42.8 Å². The van der Waals surface area contributed by atoms with Crippen molar-refractivity contribution in [1.29, 1.82) is 0 Å². The Morgan fingerprint density at radius 3 is 2.50 bits per heavy atom. The Balaban J connectivity index is 1.50. The number of hydrogen-bond donors (Lipinski definition) is 4. The van der Waals surface area contributed by atoms with E-state index < -0.39 is 24.2 Å². The maximum atomic E-state index is 13.1. The molecular formula is C20H20FN3O3S. The molecule has 0 bridgehead atoms. The monoisotopic (exact) mass is 401 g/mol. The van der Waals surface area contributed by atoms with E-state index in [1.54, 1.807) is 24.3 Å². The van der Waals surface area contributed by atoms with Crippen LogP contribution >= 0.6 is 11.8 Å². The van der Waals surface area contributed by atoms with Crippen LogP contribution in [0.1, 0.15) is 6.42 Å². The first-order valence-electron chi connectivity index (χ1n) is 9.00. The lowest BCUT2D eigenvalue weighted by Crippen LogP contribution is -2.52. The lowest BCUT2D eigenvalue weighted by Gasteiger charge is -2.37. The first-order valence-corrected chi connectivity index (χ1v) is 9.88. The van der Waals surface area contributed by atoms with Crippen molar-refractivity contribution in [2.24, 2.45) is 10.9 Å². The zero-order valence-electron chi connectivity index (χ0n) is 14.8. The molecule has 4 rings (SSSR count). The third-order valence-corrected chi connectivity index (χ3v) is 6.27. The summed E-state index contributed by atoms with van der Waals surface area (Å²) in [5, 5.41) is 26.8. The minimum Gasteiger partial charge on any atom is -0.390 e. The number of anilines is 2. The van der Waals surface area contributed by atoms with E-state index in [1.165, 1.54) is 23.9 Å². The maximum Gasteiger partial charge on any atom is 0.228 e. The van der Waals surface area contributed by atoms with Crippen molar-refractivity contribution in [2.75, 3.05) is 10.6 Å². The number of fused-ring (bicyclic) bond motifs is 1. The SMILES string of the molecule is O=C(Nc1ccccc1)[C@H]1C[C@@H](O)[C@H](O)[C@@H]2N=C(Nc3ccc(F)cc3)S[C@@H]21. The number of benzene rings is 2. The smallest absolute Gasteiger partial charge is 0.228 e. The Kier molecular flexibility index (Phi) is 5.34. The molecule has 2 aromatic carbocycles. The molecule has 1 amide bonds. The number of amides is 1. The highest BCUT2D eigenvalue weighted by Crippen LogP contribution is 2.41. The predicted molar refractivity (Wildman–Crippen MR) is 108 cm³/mol. The van der Waals surface area contributed by atoms with Crippen molar-refractivity contribution >= 4 is 34.2 Å². The molecule has 1 aliphatic carbocycles. The predicted octanol–water partition coefficient (Wildman–Crippen LogP) is 2.46. The van der Waals surface area contributed by atoms with Gasteiger partial charge in [-0.25, -0.2) is 4.39 Å². The van der Waals surface area contributed by atoms with Gasteiger partial charge < -0.3 is 20.8 Å².